The van der Waals surface area contributed by atoms with E-state index >= 15 is 0 Å². The standard InChI is InChI=1S/C60H50O4P2/c1-59(2,3)49-37-41-23-15-19-31-47(41)55(57(49)63-65(43-25-9-7-10-26-43)44-27-11-8-12-28-44)56-48-32-20-16-24-42(48)38-50(60(4,5)6)58(56)64-66-61-51-35-33-39-21-13-17-29-45(39)53(51)54-46-30-18-14-22-40(46)34-36-52(54)62-66/h7-38H,1-6H3. The lowest BCUT2D eigenvalue weighted by Crippen LogP contribution is -2.19. The van der Waals surface area contributed by atoms with E-state index in [1.807, 2.05) is 0 Å². The van der Waals surface area contributed by atoms with Crippen LogP contribution in [0.15, 0.2) is 203 Å². The molecule has 11 rings (SSSR count). The molecule has 0 bridgehead atoms. The fourth-order valence-corrected chi connectivity index (χ4v) is 12.2. The van der Waals surface area contributed by atoms with Crippen molar-refractivity contribution < 1.29 is 17.4 Å². The summed E-state index contributed by atoms with van der Waals surface area (Å²) in [5, 5.41) is 13.0. The zero-order valence-electron chi connectivity index (χ0n) is 38.0. The number of rotatable bonds is 7. The van der Waals surface area contributed by atoms with Crippen molar-refractivity contribution in [3.8, 4) is 22.6 Å². The zero-order chi connectivity index (χ0) is 45.2. The third-order valence-electron chi connectivity index (χ3n) is 12.6. The summed E-state index contributed by atoms with van der Waals surface area (Å²) < 4.78 is 29.7. The van der Waals surface area contributed by atoms with Crippen LogP contribution in [-0.4, -0.2) is 0 Å². The minimum Gasteiger partial charge on any atom is -0.464 e. The third kappa shape index (κ3) is 7.49. The topological polar surface area (TPSA) is 44.7 Å². The van der Waals surface area contributed by atoms with Gasteiger partial charge in [0, 0.05) is 43.6 Å². The van der Waals surface area contributed by atoms with Crippen molar-refractivity contribution in [3.63, 3.8) is 0 Å². The Balaban J connectivity index is 1.27. The summed E-state index contributed by atoms with van der Waals surface area (Å²) in [4.78, 5) is 0. The predicted octanol–water partition coefficient (Wildman–Crippen LogP) is 17.4. The first kappa shape index (κ1) is 41.8. The maximum atomic E-state index is 7.80. The molecule has 0 N–H and O–H groups in total. The molecule has 0 atom stereocenters. The van der Waals surface area contributed by atoms with E-state index in [1.54, 1.807) is 0 Å². The Hall–Kier alpha value is -6.83. The van der Waals surface area contributed by atoms with E-state index < -0.39 is 16.4 Å². The van der Waals surface area contributed by atoms with Crippen molar-refractivity contribution in [3.05, 3.63) is 205 Å². The average molecular weight is 897 g/mol. The Morgan fingerprint density at radius 2 is 0.773 bits per heavy atom. The van der Waals surface area contributed by atoms with Gasteiger partial charge < -0.3 is 17.4 Å². The molecule has 0 spiro atoms. The molecule has 0 saturated heterocycles. The highest BCUT2D eigenvalue weighted by molar-refractivity contribution is 7.68. The van der Waals surface area contributed by atoms with Gasteiger partial charge in [0.25, 0.3) is 0 Å². The van der Waals surface area contributed by atoms with Crippen LogP contribution in [0.3, 0.4) is 0 Å². The second-order valence-corrected chi connectivity index (χ2v) is 21.9. The van der Waals surface area contributed by atoms with Crippen LogP contribution < -0.4 is 19.7 Å². The van der Waals surface area contributed by atoms with Crippen molar-refractivity contribution >= 4 is 92.0 Å². The molecular weight excluding hydrogens is 847 g/mol. The molecule has 0 aliphatic heterocycles. The largest absolute Gasteiger partial charge is 0.464 e. The molecule has 11 aromatic rings. The van der Waals surface area contributed by atoms with Gasteiger partial charge in [0.15, 0.2) is 8.15 Å². The van der Waals surface area contributed by atoms with Crippen molar-refractivity contribution in [1.82, 2.24) is 0 Å². The van der Waals surface area contributed by atoms with Gasteiger partial charge in [-0.15, -0.1) is 0 Å². The van der Waals surface area contributed by atoms with Crippen LogP contribution in [0, 0.1) is 0 Å². The Labute approximate surface area is 387 Å². The van der Waals surface area contributed by atoms with Crippen LogP contribution in [-0.2, 0) is 10.8 Å². The van der Waals surface area contributed by atoms with Gasteiger partial charge in [-0.2, -0.15) is 0 Å². The molecule has 0 radical (unpaired) electrons. The molecule has 0 unspecified atom stereocenters. The van der Waals surface area contributed by atoms with Gasteiger partial charge in [0.05, 0.1) is 0 Å². The molecule has 0 saturated carbocycles. The first-order valence-electron chi connectivity index (χ1n) is 22.6. The van der Waals surface area contributed by atoms with E-state index in [-0.39, 0.29) is 10.8 Å². The summed E-state index contributed by atoms with van der Waals surface area (Å²) in [7, 11) is -3.42. The SMILES string of the molecule is CC(C)(C)c1cc2ccccc2c(-c2c(Op3oc4ccc5ccccc5c4c4c(ccc5ccccc54)o3)c(C(C)(C)C)cc3ccccc23)c1OP(c1ccccc1)c1ccccc1. The fourth-order valence-electron chi connectivity index (χ4n) is 9.39. The normalized spacial score (nSPS) is 12.2. The van der Waals surface area contributed by atoms with Crippen LogP contribution in [0.4, 0.5) is 0 Å². The summed E-state index contributed by atoms with van der Waals surface area (Å²) in [6.07, 6.45) is 0. The third-order valence-corrected chi connectivity index (χ3v) is 15.5. The van der Waals surface area contributed by atoms with E-state index in [4.69, 9.17) is 17.4 Å². The van der Waals surface area contributed by atoms with Crippen LogP contribution in [0.25, 0.3) is 76.2 Å². The van der Waals surface area contributed by atoms with Crippen molar-refractivity contribution in [2.75, 3.05) is 0 Å². The van der Waals surface area contributed by atoms with Crippen molar-refractivity contribution in [1.29, 1.82) is 0 Å². The molecule has 6 heteroatoms. The summed E-state index contributed by atoms with van der Waals surface area (Å²) in [5.41, 5.74) is 4.84. The van der Waals surface area contributed by atoms with E-state index in [0.29, 0.717) is 5.75 Å². The molecule has 0 fully saturated rings. The lowest BCUT2D eigenvalue weighted by Gasteiger charge is -2.31. The molecule has 66 heavy (non-hydrogen) atoms. The number of hydrogen-bond donors (Lipinski definition) is 0. The highest BCUT2D eigenvalue weighted by Crippen LogP contribution is 2.56. The van der Waals surface area contributed by atoms with Crippen LogP contribution in [0.2, 0.25) is 0 Å². The van der Waals surface area contributed by atoms with Gasteiger partial charge in [-0.05, 0) is 78.2 Å². The van der Waals surface area contributed by atoms with Gasteiger partial charge >= 0.3 is 8.24 Å². The lowest BCUT2D eigenvalue weighted by molar-refractivity contribution is 0.479. The zero-order valence-corrected chi connectivity index (χ0v) is 39.8. The molecule has 0 aliphatic carbocycles. The van der Waals surface area contributed by atoms with E-state index in [9.17, 15) is 0 Å². The molecule has 4 nitrogen and oxygen atoms in total. The van der Waals surface area contributed by atoms with Gasteiger partial charge in [-0.3, -0.25) is 0 Å². The second-order valence-electron chi connectivity index (χ2n) is 19.1. The molecule has 1 aromatic heterocycles. The van der Waals surface area contributed by atoms with Crippen LogP contribution in [0.1, 0.15) is 52.7 Å². The smallest absolute Gasteiger partial charge is 0.453 e. The first-order valence-corrected chi connectivity index (χ1v) is 25.0. The van der Waals surface area contributed by atoms with E-state index in [1.165, 1.54) is 0 Å². The minimum atomic E-state index is -2.09. The fraction of sp³-hybridized carbons (Fsp3) is 0.133. The highest BCUT2D eigenvalue weighted by atomic mass is 31.1. The highest BCUT2D eigenvalue weighted by Gasteiger charge is 2.33. The van der Waals surface area contributed by atoms with Crippen LogP contribution in [0.5, 0.6) is 11.5 Å². The summed E-state index contributed by atoms with van der Waals surface area (Å²) in [6, 6.07) is 68.7. The molecule has 1 heterocycles. The number of fused-ring (bicyclic) bond motifs is 9. The summed E-state index contributed by atoms with van der Waals surface area (Å²) in [5.74, 6) is 1.55. The van der Waals surface area contributed by atoms with Crippen molar-refractivity contribution in [2.45, 2.75) is 52.4 Å². The first-order chi connectivity index (χ1) is 32.0. The molecule has 324 valence electrons. The summed E-state index contributed by atoms with van der Waals surface area (Å²) in [6.45, 7) is 13.6. The lowest BCUT2D eigenvalue weighted by atomic mass is 9.79. The van der Waals surface area contributed by atoms with Crippen molar-refractivity contribution in [2.24, 2.45) is 0 Å². The molecule has 0 amide bonds. The van der Waals surface area contributed by atoms with Gasteiger partial charge in [-0.25, -0.2) is 0 Å². The molecular formula is C60H50O4P2. The Morgan fingerprint density at radius 3 is 1.23 bits per heavy atom. The minimum absolute atomic E-state index is 0.308. The van der Waals surface area contributed by atoms with E-state index in [2.05, 4.69) is 236 Å². The van der Waals surface area contributed by atoms with Crippen LogP contribution >= 0.6 is 16.4 Å². The number of benzene rings is 10. The Bertz CT molecular complexity index is 3540. The maximum Gasteiger partial charge on any atom is 0.453 e. The molecule has 10 aromatic carbocycles. The quantitative estimate of drug-likeness (QED) is 0.150. The Morgan fingerprint density at radius 1 is 0.394 bits per heavy atom. The maximum absolute atomic E-state index is 7.80. The number of hydrogen-bond acceptors (Lipinski definition) is 4. The predicted molar refractivity (Wildman–Crippen MR) is 281 cm³/mol. The van der Waals surface area contributed by atoms with E-state index in [0.717, 1.165) is 104 Å². The second kappa shape index (κ2) is 16.6. The molecule has 0 aliphatic rings. The van der Waals surface area contributed by atoms with Gasteiger partial charge in [0.1, 0.15) is 22.7 Å². The monoisotopic (exact) mass is 896 g/mol. The summed E-state index contributed by atoms with van der Waals surface area (Å²) >= 11 is 0. The average Bonchev–Trinajstić information content (AvgIpc) is 3.49. The Kier molecular flexibility index (Phi) is 10.5. The van der Waals surface area contributed by atoms with Gasteiger partial charge in [-0.1, -0.05) is 211 Å². The van der Waals surface area contributed by atoms with Gasteiger partial charge in [0.2, 0.25) is 0 Å².